The fraction of sp³-hybridized carbons (Fsp3) is 0.435. The predicted octanol–water partition coefficient (Wildman–Crippen LogP) is 4.90. The van der Waals surface area contributed by atoms with Crippen molar-refractivity contribution in [3.05, 3.63) is 59.2 Å². The molecule has 0 radical (unpaired) electrons. The van der Waals surface area contributed by atoms with Crippen LogP contribution in [0.3, 0.4) is 0 Å². The smallest absolute Gasteiger partial charge is 0.132 e. The van der Waals surface area contributed by atoms with E-state index in [1.54, 1.807) is 0 Å². The first-order valence-corrected chi connectivity index (χ1v) is 10.2. The van der Waals surface area contributed by atoms with Crippen LogP contribution in [-0.2, 0) is 0 Å². The summed E-state index contributed by atoms with van der Waals surface area (Å²) >= 11 is 0. The molecule has 2 atom stereocenters. The van der Waals surface area contributed by atoms with Gasteiger partial charge in [0.05, 0.1) is 6.04 Å². The number of aliphatic imine (C=N–C) groups is 1. The molecule has 0 fully saturated rings. The molecule has 4 nitrogen and oxygen atoms in total. The van der Waals surface area contributed by atoms with Crippen molar-refractivity contribution in [2.24, 2.45) is 10.7 Å². The molecular formula is C23H29N3O. The lowest BCUT2D eigenvalue weighted by Gasteiger charge is -2.28. The summed E-state index contributed by atoms with van der Waals surface area (Å²) in [6, 6.07) is 14.4. The normalized spacial score (nSPS) is 19.2. The van der Waals surface area contributed by atoms with E-state index in [9.17, 15) is 0 Å². The summed E-state index contributed by atoms with van der Waals surface area (Å²) in [6.45, 7) is 4.19. The first-order valence-electron chi connectivity index (χ1n) is 10.2. The zero-order valence-corrected chi connectivity index (χ0v) is 16.1. The Morgan fingerprint density at radius 2 is 2.00 bits per heavy atom. The SMILES string of the molecule is CCCCCC(C1=NCCCN1)c1ccc2c(c1)C(N)c1ccccc1O2. The third-order valence-corrected chi connectivity index (χ3v) is 5.59. The van der Waals surface area contributed by atoms with Crippen LogP contribution in [0.15, 0.2) is 47.5 Å². The molecule has 2 aromatic rings. The maximum Gasteiger partial charge on any atom is 0.132 e. The molecule has 2 aromatic carbocycles. The van der Waals surface area contributed by atoms with Gasteiger partial charge in [0.25, 0.3) is 0 Å². The number of rotatable bonds is 6. The lowest BCUT2D eigenvalue weighted by atomic mass is 9.87. The molecule has 0 aromatic heterocycles. The Balaban J connectivity index is 1.66. The summed E-state index contributed by atoms with van der Waals surface area (Å²) in [5.74, 6) is 3.19. The Hall–Kier alpha value is -2.33. The molecule has 2 unspecified atom stereocenters. The van der Waals surface area contributed by atoms with Gasteiger partial charge in [0.2, 0.25) is 0 Å². The molecule has 4 rings (SSSR count). The van der Waals surface area contributed by atoms with E-state index in [-0.39, 0.29) is 6.04 Å². The minimum absolute atomic E-state index is 0.151. The molecule has 2 aliphatic heterocycles. The van der Waals surface area contributed by atoms with Gasteiger partial charge in [-0.2, -0.15) is 0 Å². The van der Waals surface area contributed by atoms with Gasteiger partial charge in [0.15, 0.2) is 0 Å². The molecule has 2 aliphatic rings. The number of amidine groups is 1. The maximum atomic E-state index is 6.60. The van der Waals surface area contributed by atoms with E-state index >= 15 is 0 Å². The van der Waals surface area contributed by atoms with Crippen LogP contribution in [0.25, 0.3) is 0 Å². The maximum absolute atomic E-state index is 6.60. The number of hydrogen-bond acceptors (Lipinski definition) is 4. The average Bonchev–Trinajstić information content (AvgIpc) is 2.72. The van der Waals surface area contributed by atoms with E-state index in [1.165, 1.54) is 24.8 Å². The van der Waals surface area contributed by atoms with Crippen molar-refractivity contribution in [2.45, 2.75) is 51.0 Å². The van der Waals surface area contributed by atoms with Gasteiger partial charge in [-0.25, -0.2) is 0 Å². The minimum Gasteiger partial charge on any atom is -0.457 e. The largest absolute Gasteiger partial charge is 0.457 e. The average molecular weight is 364 g/mol. The number of nitrogens with one attached hydrogen (secondary N) is 1. The van der Waals surface area contributed by atoms with Crippen molar-refractivity contribution < 1.29 is 4.74 Å². The van der Waals surface area contributed by atoms with Gasteiger partial charge < -0.3 is 15.8 Å². The monoisotopic (exact) mass is 363 g/mol. The van der Waals surface area contributed by atoms with Gasteiger partial charge in [-0.15, -0.1) is 0 Å². The Morgan fingerprint density at radius 3 is 2.81 bits per heavy atom. The zero-order valence-electron chi connectivity index (χ0n) is 16.1. The van der Waals surface area contributed by atoms with Gasteiger partial charge in [-0.05, 0) is 36.6 Å². The summed E-state index contributed by atoms with van der Waals surface area (Å²) in [7, 11) is 0. The van der Waals surface area contributed by atoms with Gasteiger partial charge in [0.1, 0.15) is 17.3 Å². The highest BCUT2D eigenvalue weighted by molar-refractivity contribution is 5.89. The first kappa shape index (κ1) is 18.1. The molecule has 0 bridgehead atoms. The quantitative estimate of drug-likeness (QED) is 0.718. The van der Waals surface area contributed by atoms with Crippen LogP contribution in [0.1, 0.15) is 67.7 Å². The number of hydrogen-bond donors (Lipinski definition) is 2. The van der Waals surface area contributed by atoms with E-state index in [1.807, 2.05) is 18.2 Å². The van der Waals surface area contributed by atoms with Crippen LogP contribution in [0.5, 0.6) is 11.5 Å². The molecule has 3 N–H and O–H groups in total. The fourth-order valence-corrected chi connectivity index (χ4v) is 4.08. The van der Waals surface area contributed by atoms with Gasteiger partial charge in [-0.3, -0.25) is 4.99 Å². The first-order chi connectivity index (χ1) is 13.3. The minimum atomic E-state index is -0.151. The molecule has 0 saturated carbocycles. The topological polar surface area (TPSA) is 59.6 Å². The lowest BCUT2D eigenvalue weighted by Crippen LogP contribution is -2.34. The molecule has 27 heavy (non-hydrogen) atoms. The second-order valence-corrected chi connectivity index (χ2v) is 7.51. The van der Waals surface area contributed by atoms with E-state index < -0.39 is 0 Å². The van der Waals surface area contributed by atoms with Crippen molar-refractivity contribution in [1.82, 2.24) is 5.32 Å². The Kier molecular flexibility index (Phi) is 5.44. The summed E-state index contributed by atoms with van der Waals surface area (Å²) in [5.41, 5.74) is 10.0. The van der Waals surface area contributed by atoms with Gasteiger partial charge in [-0.1, -0.05) is 50.5 Å². The molecule has 4 heteroatoms. The Morgan fingerprint density at radius 1 is 1.15 bits per heavy atom. The zero-order chi connectivity index (χ0) is 18.6. The van der Waals surface area contributed by atoms with Crippen molar-refractivity contribution in [3.8, 4) is 11.5 Å². The van der Waals surface area contributed by atoms with Crippen LogP contribution in [0, 0.1) is 0 Å². The summed E-state index contributed by atoms with van der Waals surface area (Å²) in [6.07, 6.45) is 5.93. The molecule has 0 aliphatic carbocycles. The molecule has 0 amide bonds. The number of benzene rings is 2. The molecule has 142 valence electrons. The van der Waals surface area contributed by atoms with Crippen molar-refractivity contribution in [3.63, 3.8) is 0 Å². The van der Waals surface area contributed by atoms with E-state index in [0.29, 0.717) is 5.92 Å². The van der Waals surface area contributed by atoms with Gasteiger partial charge in [0, 0.05) is 30.1 Å². The summed E-state index contributed by atoms with van der Waals surface area (Å²) in [5, 5.41) is 3.54. The number of fused-ring (bicyclic) bond motifs is 2. The van der Waals surface area contributed by atoms with E-state index in [4.69, 9.17) is 15.5 Å². The van der Waals surface area contributed by atoms with Crippen LogP contribution in [-0.4, -0.2) is 18.9 Å². The van der Waals surface area contributed by atoms with Crippen molar-refractivity contribution in [2.75, 3.05) is 13.1 Å². The van der Waals surface area contributed by atoms with Gasteiger partial charge >= 0.3 is 0 Å². The predicted molar refractivity (Wildman–Crippen MR) is 111 cm³/mol. The van der Waals surface area contributed by atoms with Crippen LogP contribution in [0.2, 0.25) is 0 Å². The highest BCUT2D eigenvalue weighted by atomic mass is 16.5. The van der Waals surface area contributed by atoms with Crippen LogP contribution in [0.4, 0.5) is 0 Å². The third kappa shape index (κ3) is 3.72. The van der Waals surface area contributed by atoms with Crippen molar-refractivity contribution in [1.29, 1.82) is 0 Å². The Labute approximate surface area is 161 Å². The third-order valence-electron chi connectivity index (χ3n) is 5.59. The number of para-hydroxylation sites is 1. The lowest BCUT2D eigenvalue weighted by molar-refractivity contribution is 0.446. The summed E-state index contributed by atoms with van der Waals surface area (Å²) < 4.78 is 6.10. The number of nitrogens with zero attached hydrogens (tertiary/aromatic N) is 1. The van der Waals surface area contributed by atoms with E-state index in [0.717, 1.165) is 54.4 Å². The second kappa shape index (κ2) is 8.13. The Bertz CT molecular complexity index is 830. The molecule has 0 saturated heterocycles. The highest BCUT2D eigenvalue weighted by Crippen LogP contribution is 2.42. The molecular weight excluding hydrogens is 334 g/mol. The fourth-order valence-electron chi connectivity index (χ4n) is 4.08. The molecule has 0 spiro atoms. The standard InChI is InChI=1S/C23H29N3O/c1-2-3-4-8-17(23-25-13-7-14-26-23)16-11-12-21-19(15-16)22(24)18-9-5-6-10-20(18)27-21/h5-6,9-12,15,17,22H,2-4,7-8,13-14,24H2,1H3,(H,25,26). The number of ether oxygens (including phenoxy) is 1. The number of unbranched alkanes of at least 4 members (excludes halogenated alkanes) is 2. The van der Waals surface area contributed by atoms with E-state index in [2.05, 4.69) is 36.5 Å². The molecule has 2 heterocycles. The second-order valence-electron chi connectivity index (χ2n) is 7.51. The van der Waals surface area contributed by atoms with Crippen molar-refractivity contribution >= 4 is 5.84 Å². The van der Waals surface area contributed by atoms with Crippen LogP contribution < -0.4 is 15.8 Å². The number of nitrogens with two attached hydrogens (primary N) is 1. The summed E-state index contributed by atoms with van der Waals surface area (Å²) in [4.78, 5) is 4.79. The van der Waals surface area contributed by atoms with Crippen LogP contribution >= 0.6 is 0 Å². The highest BCUT2D eigenvalue weighted by Gasteiger charge is 2.27.